The molecule has 2 amide bonds. The number of anilines is 1. The summed E-state index contributed by atoms with van der Waals surface area (Å²) >= 11 is 6.03. The van der Waals surface area contributed by atoms with Gasteiger partial charge >= 0.3 is 0 Å². The van der Waals surface area contributed by atoms with Crippen molar-refractivity contribution in [3.8, 4) is 28.4 Å². The normalized spacial score (nSPS) is 12.0. The number of hydrogen-bond acceptors (Lipinski definition) is 5. The first-order valence-corrected chi connectivity index (χ1v) is 12.8. The molecule has 39 heavy (non-hydrogen) atoms. The Kier molecular flexibility index (Phi) is 7.51. The maximum absolute atomic E-state index is 13.9. The Morgan fingerprint density at radius 3 is 2.59 bits per heavy atom. The molecule has 0 unspecified atom stereocenters. The topological polar surface area (TPSA) is 85.7 Å². The molecule has 4 aromatic rings. The summed E-state index contributed by atoms with van der Waals surface area (Å²) in [5, 5.41) is 2.76. The summed E-state index contributed by atoms with van der Waals surface area (Å²) in [5.74, 6) is 0.0798. The molecule has 200 valence electrons. The van der Waals surface area contributed by atoms with Crippen molar-refractivity contribution < 1.29 is 23.5 Å². The zero-order valence-electron chi connectivity index (χ0n) is 21.4. The van der Waals surface area contributed by atoms with Crippen molar-refractivity contribution in [3.05, 3.63) is 89.3 Å². The van der Waals surface area contributed by atoms with Gasteiger partial charge in [-0.2, -0.15) is 0 Å². The molecule has 1 aromatic heterocycles. The summed E-state index contributed by atoms with van der Waals surface area (Å²) in [6, 6.07) is 18.6. The van der Waals surface area contributed by atoms with Crippen LogP contribution in [-0.4, -0.2) is 46.1 Å². The molecule has 5 rings (SSSR count). The lowest BCUT2D eigenvalue weighted by Gasteiger charge is -2.24. The van der Waals surface area contributed by atoms with Crippen LogP contribution in [0.2, 0.25) is 5.02 Å². The summed E-state index contributed by atoms with van der Waals surface area (Å²) < 4.78 is 26.2. The second-order valence-electron chi connectivity index (χ2n) is 9.48. The number of halogens is 2. The molecule has 10 heteroatoms. The van der Waals surface area contributed by atoms with Gasteiger partial charge in [-0.25, -0.2) is 9.37 Å². The van der Waals surface area contributed by atoms with Gasteiger partial charge in [-0.15, -0.1) is 0 Å². The van der Waals surface area contributed by atoms with Crippen LogP contribution in [-0.2, 0) is 4.79 Å². The number of ether oxygens (including phenoxy) is 2. The van der Waals surface area contributed by atoms with Gasteiger partial charge in [-0.05, 0) is 42.3 Å². The van der Waals surface area contributed by atoms with Gasteiger partial charge in [0, 0.05) is 23.9 Å². The number of hydrogen-bond donors (Lipinski definition) is 1. The molecule has 8 nitrogen and oxygen atoms in total. The average Bonchev–Trinajstić information content (AvgIpc) is 3.56. The van der Waals surface area contributed by atoms with Crippen molar-refractivity contribution in [2.24, 2.45) is 5.92 Å². The van der Waals surface area contributed by atoms with E-state index in [0.717, 1.165) is 5.56 Å². The predicted molar refractivity (Wildman–Crippen MR) is 146 cm³/mol. The Hall–Kier alpha value is -4.37. The molecule has 0 aliphatic carbocycles. The van der Waals surface area contributed by atoms with Gasteiger partial charge in [0.2, 0.25) is 18.6 Å². The minimum Gasteiger partial charge on any atom is -0.454 e. The Balaban J connectivity index is 1.42. The summed E-state index contributed by atoms with van der Waals surface area (Å²) in [7, 11) is 0. The molecule has 3 aromatic carbocycles. The van der Waals surface area contributed by atoms with E-state index in [1.807, 2.05) is 44.2 Å². The number of nitrogens with one attached hydrogen (secondary N) is 1. The molecule has 0 spiro atoms. The second kappa shape index (κ2) is 11.2. The Bertz CT molecular complexity index is 1520. The minimum absolute atomic E-state index is 0.0582. The van der Waals surface area contributed by atoms with Crippen molar-refractivity contribution in [1.82, 2.24) is 14.5 Å². The van der Waals surface area contributed by atoms with Crippen LogP contribution in [0.3, 0.4) is 0 Å². The summed E-state index contributed by atoms with van der Waals surface area (Å²) in [4.78, 5) is 32.8. The highest BCUT2D eigenvalue weighted by atomic mass is 35.5. The van der Waals surface area contributed by atoms with Gasteiger partial charge in [0.25, 0.3) is 5.91 Å². The van der Waals surface area contributed by atoms with Crippen LogP contribution in [0.15, 0.2) is 72.9 Å². The number of carbonyl (C=O) groups excluding carboxylic acids is 2. The molecular weight excluding hydrogens is 523 g/mol. The molecule has 0 saturated carbocycles. The molecule has 1 aliphatic rings. The standard InChI is InChI=1S/C29H26ClFN4O4/c1-18(2)14-34(28(37)20-8-11-25-26(12-20)39-17-38-25)16-27(36)33-29-32-24(19-6-4-3-5-7-19)15-35(29)21-9-10-23(31)22(30)13-21/h3-13,15,18H,14,16-17H2,1-2H3,(H,32,33,36). The van der Waals surface area contributed by atoms with Crippen LogP contribution in [0.1, 0.15) is 24.2 Å². The van der Waals surface area contributed by atoms with E-state index in [1.54, 1.807) is 35.0 Å². The van der Waals surface area contributed by atoms with Crippen LogP contribution < -0.4 is 14.8 Å². The second-order valence-corrected chi connectivity index (χ2v) is 9.89. The predicted octanol–water partition coefficient (Wildman–Crippen LogP) is 5.80. The first-order chi connectivity index (χ1) is 18.8. The van der Waals surface area contributed by atoms with Gasteiger partial charge in [0.15, 0.2) is 11.5 Å². The summed E-state index contributed by atoms with van der Waals surface area (Å²) in [6.45, 7) is 4.19. The third kappa shape index (κ3) is 5.88. The summed E-state index contributed by atoms with van der Waals surface area (Å²) in [6.07, 6.45) is 1.73. The highest BCUT2D eigenvalue weighted by molar-refractivity contribution is 6.30. The Morgan fingerprint density at radius 2 is 1.85 bits per heavy atom. The lowest BCUT2D eigenvalue weighted by atomic mass is 10.1. The Morgan fingerprint density at radius 1 is 1.08 bits per heavy atom. The van der Waals surface area contributed by atoms with Crippen LogP contribution >= 0.6 is 11.6 Å². The van der Waals surface area contributed by atoms with Crippen molar-refractivity contribution in [2.45, 2.75) is 13.8 Å². The van der Waals surface area contributed by atoms with E-state index in [4.69, 9.17) is 21.1 Å². The lowest BCUT2D eigenvalue weighted by molar-refractivity contribution is -0.117. The summed E-state index contributed by atoms with van der Waals surface area (Å²) in [5.41, 5.74) is 2.34. The molecule has 2 heterocycles. The highest BCUT2D eigenvalue weighted by Gasteiger charge is 2.24. The molecule has 0 saturated heterocycles. The van der Waals surface area contributed by atoms with Crippen LogP contribution in [0.25, 0.3) is 16.9 Å². The number of aromatic nitrogens is 2. The van der Waals surface area contributed by atoms with E-state index in [2.05, 4.69) is 10.3 Å². The first kappa shape index (κ1) is 26.2. The maximum Gasteiger partial charge on any atom is 0.254 e. The molecule has 1 aliphatic heterocycles. The van der Waals surface area contributed by atoms with Crippen LogP contribution in [0, 0.1) is 11.7 Å². The van der Waals surface area contributed by atoms with Gasteiger partial charge in [-0.1, -0.05) is 55.8 Å². The smallest absolute Gasteiger partial charge is 0.254 e. The lowest BCUT2D eigenvalue weighted by Crippen LogP contribution is -2.40. The molecule has 0 radical (unpaired) electrons. The average molecular weight is 549 g/mol. The van der Waals surface area contributed by atoms with Crippen molar-refractivity contribution in [2.75, 3.05) is 25.2 Å². The van der Waals surface area contributed by atoms with E-state index in [9.17, 15) is 14.0 Å². The fourth-order valence-electron chi connectivity index (χ4n) is 4.26. The minimum atomic E-state index is -0.555. The van der Waals surface area contributed by atoms with Gasteiger partial charge in [-0.3, -0.25) is 19.5 Å². The van der Waals surface area contributed by atoms with Gasteiger partial charge in [0.1, 0.15) is 12.4 Å². The Labute approximate surface area is 229 Å². The van der Waals surface area contributed by atoms with E-state index in [-0.39, 0.29) is 36.1 Å². The number of rotatable bonds is 8. The van der Waals surface area contributed by atoms with E-state index >= 15 is 0 Å². The number of amides is 2. The highest BCUT2D eigenvalue weighted by Crippen LogP contribution is 2.33. The van der Waals surface area contributed by atoms with Crippen molar-refractivity contribution in [3.63, 3.8) is 0 Å². The number of fused-ring (bicyclic) bond motifs is 1. The van der Waals surface area contributed by atoms with Crippen molar-refractivity contribution in [1.29, 1.82) is 0 Å². The number of carbonyl (C=O) groups is 2. The maximum atomic E-state index is 13.9. The van der Waals surface area contributed by atoms with Crippen LogP contribution in [0.5, 0.6) is 11.5 Å². The van der Waals surface area contributed by atoms with Gasteiger partial charge < -0.3 is 14.4 Å². The number of nitrogens with zero attached hydrogens (tertiary/aromatic N) is 3. The van der Waals surface area contributed by atoms with Gasteiger partial charge in [0.05, 0.1) is 16.4 Å². The quantitative estimate of drug-likeness (QED) is 0.301. The number of imidazole rings is 1. The zero-order chi connectivity index (χ0) is 27.5. The number of benzene rings is 3. The van der Waals surface area contributed by atoms with E-state index in [1.165, 1.54) is 17.0 Å². The zero-order valence-corrected chi connectivity index (χ0v) is 22.1. The third-order valence-electron chi connectivity index (χ3n) is 6.03. The van der Waals surface area contributed by atoms with E-state index < -0.39 is 11.7 Å². The van der Waals surface area contributed by atoms with Crippen LogP contribution in [0.4, 0.5) is 10.3 Å². The molecule has 0 fully saturated rings. The molecule has 0 bridgehead atoms. The fraction of sp³-hybridized carbons (Fsp3) is 0.207. The fourth-order valence-corrected chi connectivity index (χ4v) is 4.43. The monoisotopic (exact) mass is 548 g/mol. The third-order valence-corrected chi connectivity index (χ3v) is 6.32. The molecule has 0 atom stereocenters. The van der Waals surface area contributed by atoms with E-state index in [0.29, 0.717) is 35.0 Å². The molecular formula is C29H26ClFN4O4. The first-order valence-electron chi connectivity index (χ1n) is 12.4. The largest absolute Gasteiger partial charge is 0.454 e. The SMILES string of the molecule is CC(C)CN(CC(=O)Nc1nc(-c2ccccc2)cn1-c1ccc(F)c(Cl)c1)C(=O)c1ccc2c(c1)OCO2. The molecule has 1 N–H and O–H groups in total. The van der Waals surface area contributed by atoms with Crippen molar-refractivity contribution >= 4 is 29.4 Å².